The maximum Gasteiger partial charge on any atom is 0.269 e. The van der Waals surface area contributed by atoms with E-state index in [1.54, 1.807) is 12.1 Å². The van der Waals surface area contributed by atoms with E-state index in [0.29, 0.717) is 11.2 Å². The lowest BCUT2D eigenvalue weighted by Gasteiger charge is -2.10. The molecule has 0 saturated carbocycles. The standard InChI is InChI=1S/C24H18N2O2S/c1-17-11-13-19(14-12-17)29(27,28)26-23-10-6-5-9-20(23)21-15-16-22(25-24(21)26)18-7-3-2-4-8-18/h2-16H,1H3. The molecule has 0 aliphatic heterocycles. The van der Waals surface area contributed by atoms with Crippen molar-refractivity contribution in [3.8, 4) is 11.3 Å². The first-order chi connectivity index (χ1) is 14.1. The van der Waals surface area contributed by atoms with Crippen molar-refractivity contribution in [1.29, 1.82) is 0 Å². The maximum absolute atomic E-state index is 13.6. The minimum atomic E-state index is -3.81. The summed E-state index contributed by atoms with van der Waals surface area (Å²) in [4.78, 5) is 5.02. The number of hydrogen-bond donors (Lipinski definition) is 0. The van der Waals surface area contributed by atoms with Crippen molar-refractivity contribution in [3.05, 3.63) is 96.6 Å². The van der Waals surface area contributed by atoms with Gasteiger partial charge in [0.25, 0.3) is 10.0 Å². The summed E-state index contributed by atoms with van der Waals surface area (Å²) < 4.78 is 28.6. The van der Waals surface area contributed by atoms with Crippen LogP contribution in [0.4, 0.5) is 0 Å². The van der Waals surface area contributed by atoms with E-state index in [-0.39, 0.29) is 4.90 Å². The number of rotatable bonds is 3. The second-order valence-electron chi connectivity index (χ2n) is 7.03. The van der Waals surface area contributed by atoms with Crippen LogP contribution in [0.15, 0.2) is 95.9 Å². The zero-order valence-electron chi connectivity index (χ0n) is 15.8. The normalized spacial score (nSPS) is 11.9. The lowest BCUT2D eigenvalue weighted by molar-refractivity contribution is 0.590. The Labute approximate surface area is 169 Å². The Kier molecular flexibility index (Phi) is 4.00. The number of aromatic nitrogens is 2. The molecule has 142 valence electrons. The molecule has 5 rings (SSSR count). The summed E-state index contributed by atoms with van der Waals surface area (Å²) in [7, 11) is -3.81. The summed E-state index contributed by atoms with van der Waals surface area (Å²) in [5.41, 5.74) is 3.75. The fourth-order valence-corrected chi connectivity index (χ4v) is 5.11. The smallest absolute Gasteiger partial charge is 0.229 e. The van der Waals surface area contributed by atoms with E-state index in [1.165, 1.54) is 3.97 Å². The molecule has 3 aromatic carbocycles. The van der Waals surface area contributed by atoms with Crippen LogP contribution < -0.4 is 0 Å². The average molecular weight is 398 g/mol. The van der Waals surface area contributed by atoms with Gasteiger partial charge < -0.3 is 0 Å². The Morgan fingerprint density at radius 3 is 2.17 bits per heavy atom. The van der Waals surface area contributed by atoms with E-state index in [9.17, 15) is 8.42 Å². The molecule has 0 aliphatic rings. The summed E-state index contributed by atoms with van der Waals surface area (Å²) in [6.45, 7) is 1.94. The average Bonchev–Trinajstić information content (AvgIpc) is 3.09. The Bertz CT molecular complexity index is 1450. The molecule has 5 aromatic rings. The van der Waals surface area contributed by atoms with Gasteiger partial charge >= 0.3 is 0 Å². The summed E-state index contributed by atoms with van der Waals surface area (Å²) >= 11 is 0. The van der Waals surface area contributed by atoms with Crippen molar-refractivity contribution in [3.63, 3.8) is 0 Å². The number of pyridine rings is 1. The summed E-state index contributed by atoms with van der Waals surface area (Å²) in [5, 5.41) is 1.68. The predicted molar refractivity (Wildman–Crippen MR) is 116 cm³/mol. The van der Waals surface area contributed by atoms with Crippen LogP contribution in [0, 0.1) is 6.92 Å². The van der Waals surface area contributed by atoms with Crippen molar-refractivity contribution < 1.29 is 8.42 Å². The first kappa shape index (κ1) is 17.6. The highest BCUT2D eigenvalue weighted by molar-refractivity contribution is 7.90. The van der Waals surface area contributed by atoms with Crippen LogP contribution in [0.2, 0.25) is 0 Å². The third-order valence-electron chi connectivity index (χ3n) is 5.11. The topological polar surface area (TPSA) is 52.0 Å². The van der Waals surface area contributed by atoms with E-state index < -0.39 is 10.0 Å². The van der Waals surface area contributed by atoms with Crippen LogP contribution in [0.25, 0.3) is 33.2 Å². The SMILES string of the molecule is Cc1ccc(S(=O)(=O)n2c3ccccc3c3ccc(-c4ccccc4)nc32)cc1. The third kappa shape index (κ3) is 2.82. The van der Waals surface area contributed by atoms with Gasteiger partial charge in [-0.2, -0.15) is 0 Å². The van der Waals surface area contributed by atoms with Crippen molar-refractivity contribution in [2.45, 2.75) is 11.8 Å². The number of para-hydroxylation sites is 1. The van der Waals surface area contributed by atoms with Crippen LogP contribution in [0.1, 0.15) is 5.56 Å². The van der Waals surface area contributed by atoms with Crippen LogP contribution in [-0.2, 0) is 10.0 Å². The van der Waals surface area contributed by atoms with E-state index >= 15 is 0 Å². The maximum atomic E-state index is 13.6. The Balaban J connectivity index is 1.86. The molecule has 0 spiro atoms. The van der Waals surface area contributed by atoms with Gasteiger partial charge in [0.15, 0.2) is 5.65 Å². The monoisotopic (exact) mass is 398 g/mol. The van der Waals surface area contributed by atoms with Gasteiger partial charge in [-0.15, -0.1) is 0 Å². The van der Waals surface area contributed by atoms with E-state index in [2.05, 4.69) is 0 Å². The summed E-state index contributed by atoms with van der Waals surface area (Å²) in [6, 6.07) is 28.1. The van der Waals surface area contributed by atoms with Crippen LogP contribution in [-0.4, -0.2) is 17.4 Å². The minimum absolute atomic E-state index is 0.248. The van der Waals surface area contributed by atoms with Gasteiger partial charge in [-0.1, -0.05) is 66.2 Å². The second kappa shape index (κ2) is 6.57. The number of benzene rings is 3. The first-order valence-electron chi connectivity index (χ1n) is 9.33. The molecule has 0 saturated heterocycles. The van der Waals surface area contributed by atoms with Gasteiger partial charge in [-0.3, -0.25) is 0 Å². The van der Waals surface area contributed by atoms with Crippen molar-refractivity contribution >= 4 is 32.0 Å². The molecule has 0 N–H and O–H groups in total. The van der Waals surface area contributed by atoms with Gasteiger partial charge in [0, 0.05) is 16.3 Å². The Morgan fingerprint density at radius 1 is 0.724 bits per heavy atom. The molecular formula is C24H18N2O2S. The van der Waals surface area contributed by atoms with E-state index in [4.69, 9.17) is 4.98 Å². The quantitative estimate of drug-likeness (QED) is 0.409. The number of fused-ring (bicyclic) bond motifs is 3. The van der Waals surface area contributed by atoms with Gasteiger partial charge in [-0.25, -0.2) is 17.4 Å². The fourth-order valence-electron chi connectivity index (χ4n) is 3.63. The molecule has 4 nitrogen and oxygen atoms in total. The molecule has 5 heteroatoms. The molecule has 0 radical (unpaired) electrons. The van der Waals surface area contributed by atoms with Crippen molar-refractivity contribution in [2.24, 2.45) is 0 Å². The number of nitrogens with zero attached hydrogens (tertiary/aromatic N) is 2. The predicted octanol–water partition coefficient (Wildman–Crippen LogP) is 5.40. The van der Waals surface area contributed by atoms with Crippen LogP contribution in [0.3, 0.4) is 0 Å². The second-order valence-corrected chi connectivity index (χ2v) is 8.82. The lowest BCUT2D eigenvalue weighted by atomic mass is 10.1. The zero-order valence-corrected chi connectivity index (χ0v) is 16.6. The van der Waals surface area contributed by atoms with Gasteiger partial charge in [-0.05, 0) is 37.3 Å². The largest absolute Gasteiger partial charge is 0.269 e. The Hall–Kier alpha value is -3.44. The highest BCUT2D eigenvalue weighted by Crippen LogP contribution is 2.33. The molecule has 0 atom stereocenters. The number of hydrogen-bond acceptors (Lipinski definition) is 3. The molecule has 0 amide bonds. The highest BCUT2D eigenvalue weighted by Gasteiger charge is 2.24. The van der Waals surface area contributed by atoms with Crippen LogP contribution in [0.5, 0.6) is 0 Å². The molecule has 29 heavy (non-hydrogen) atoms. The molecule has 0 unspecified atom stereocenters. The summed E-state index contributed by atoms with van der Waals surface area (Å²) in [5.74, 6) is 0. The van der Waals surface area contributed by atoms with Gasteiger partial charge in [0.1, 0.15) is 0 Å². The van der Waals surface area contributed by atoms with Crippen molar-refractivity contribution in [1.82, 2.24) is 8.96 Å². The van der Waals surface area contributed by atoms with E-state index in [0.717, 1.165) is 27.6 Å². The molecule has 0 bridgehead atoms. The molecular weight excluding hydrogens is 380 g/mol. The Morgan fingerprint density at radius 2 is 1.41 bits per heavy atom. The lowest BCUT2D eigenvalue weighted by Crippen LogP contribution is -2.13. The minimum Gasteiger partial charge on any atom is -0.229 e. The highest BCUT2D eigenvalue weighted by atomic mass is 32.2. The van der Waals surface area contributed by atoms with Gasteiger partial charge in [0.05, 0.1) is 16.1 Å². The number of aryl methyl sites for hydroxylation is 1. The molecule has 0 fully saturated rings. The van der Waals surface area contributed by atoms with Crippen LogP contribution >= 0.6 is 0 Å². The third-order valence-corrected chi connectivity index (χ3v) is 6.83. The molecule has 2 aromatic heterocycles. The fraction of sp³-hybridized carbons (Fsp3) is 0.0417. The van der Waals surface area contributed by atoms with Gasteiger partial charge in [0.2, 0.25) is 0 Å². The first-order valence-corrected chi connectivity index (χ1v) is 10.8. The zero-order chi connectivity index (χ0) is 20.0. The summed E-state index contributed by atoms with van der Waals surface area (Å²) in [6.07, 6.45) is 0. The molecule has 2 heterocycles. The van der Waals surface area contributed by atoms with Crippen molar-refractivity contribution in [2.75, 3.05) is 0 Å². The molecule has 0 aliphatic carbocycles. The van der Waals surface area contributed by atoms with E-state index in [1.807, 2.05) is 85.8 Å².